The number of amides is 1. The van der Waals surface area contributed by atoms with E-state index in [2.05, 4.69) is 10.3 Å². The molecular weight excluding hydrogens is 324 g/mol. The van der Waals surface area contributed by atoms with Crippen LogP contribution in [-0.4, -0.2) is 17.5 Å². The lowest BCUT2D eigenvalue weighted by molar-refractivity contribution is -0.117. The molecule has 26 heavy (non-hydrogen) atoms. The van der Waals surface area contributed by atoms with E-state index in [1.165, 1.54) is 0 Å². The summed E-state index contributed by atoms with van der Waals surface area (Å²) in [6.45, 7) is 2.56. The fourth-order valence-electron chi connectivity index (χ4n) is 2.81. The number of aromatic nitrogens is 1. The number of hydrogen-bond acceptors (Lipinski definition) is 3. The first-order chi connectivity index (χ1) is 12.8. The maximum Gasteiger partial charge on any atom is 0.232 e. The van der Waals surface area contributed by atoms with Crippen molar-refractivity contribution in [3.8, 4) is 5.75 Å². The maximum absolute atomic E-state index is 13.0. The third-order valence-corrected chi connectivity index (χ3v) is 4.09. The lowest BCUT2D eigenvalue weighted by atomic mass is 9.93. The highest BCUT2D eigenvalue weighted by molar-refractivity contribution is 5.96. The molecule has 1 amide bonds. The summed E-state index contributed by atoms with van der Waals surface area (Å²) < 4.78 is 5.44. The Morgan fingerprint density at radius 3 is 2.38 bits per heavy atom. The Morgan fingerprint density at radius 2 is 1.73 bits per heavy atom. The van der Waals surface area contributed by atoms with Gasteiger partial charge in [0.2, 0.25) is 5.91 Å². The molecule has 0 bridgehead atoms. The molecule has 0 radical (unpaired) electrons. The summed E-state index contributed by atoms with van der Waals surface area (Å²) in [5, 5.41) is 3.01. The third-order valence-electron chi connectivity index (χ3n) is 4.09. The second kappa shape index (κ2) is 8.81. The molecule has 3 rings (SSSR count). The number of carbonyl (C=O) groups excluding carboxylic acids is 1. The highest BCUT2D eigenvalue weighted by Crippen LogP contribution is 2.23. The van der Waals surface area contributed by atoms with E-state index in [0.717, 1.165) is 22.7 Å². The Bertz CT molecular complexity index is 818. The van der Waals surface area contributed by atoms with E-state index in [0.29, 0.717) is 13.0 Å². The Labute approximate surface area is 153 Å². The van der Waals surface area contributed by atoms with Gasteiger partial charge >= 0.3 is 0 Å². The molecule has 1 heterocycles. The normalized spacial score (nSPS) is 11.6. The van der Waals surface area contributed by atoms with Crippen LogP contribution in [0.15, 0.2) is 79.0 Å². The molecular formula is C22H22N2O2. The largest absolute Gasteiger partial charge is 0.494 e. The van der Waals surface area contributed by atoms with Crippen LogP contribution in [0.5, 0.6) is 5.75 Å². The number of ether oxygens (including phenoxy) is 1. The van der Waals surface area contributed by atoms with Gasteiger partial charge in [0.1, 0.15) is 5.75 Å². The van der Waals surface area contributed by atoms with Crippen LogP contribution in [0, 0.1) is 0 Å². The fraction of sp³-hybridized carbons (Fsp3) is 0.182. The monoisotopic (exact) mass is 346 g/mol. The van der Waals surface area contributed by atoms with Crippen LogP contribution in [0.3, 0.4) is 0 Å². The molecule has 1 unspecified atom stereocenters. The quantitative estimate of drug-likeness (QED) is 0.688. The molecule has 1 N–H and O–H groups in total. The van der Waals surface area contributed by atoms with Gasteiger partial charge in [0.15, 0.2) is 0 Å². The minimum absolute atomic E-state index is 0.0500. The summed E-state index contributed by atoms with van der Waals surface area (Å²) in [5.41, 5.74) is 2.62. The highest BCUT2D eigenvalue weighted by Gasteiger charge is 2.21. The highest BCUT2D eigenvalue weighted by atomic mass is 16.5. The standard InChI is InChI=1S/C22H22N2O2/c1-2-26-20-13-11-18(12-14-20)24-22(25)21(17-8-4-3-5-9-17)16-19-10-6-7-15-23-19/h3-15,21H,2,16H2,1H3,(H,24,25). The molecule has 3 aromatic rings. The molecule has 0 spiro atoms. The van der Waals surface area contributed by atoms with Crippen molar-refractivity contribution in [2.45, 2.75) is 19.3 Å². The van der Waals surface area contributed by atoms with Crippen molar-refractivity contribution in [1.29, 1.82) is 0 Å². The van der Waals surface area contributed by atoms with Crippen LogP contribution >= 0.6 is 0 Å². The van der Waals surface area contributed by atoms with Gasteiger partial charge in [-0.1, -0.05) is 36.4 Å². The predicted octanol–water partition coefficient (Wildman–Crippen LogP) is 4.45. The summed E-state index contributed by atoms with van der Waals surface area (Å²) in [6, 6.07) is 23.0. The van der Waals surface area contributed by atoms with E-state index >= 15 is 0 Å². The first-order valence-corrected chi connectivity index (χ1v) is 8.75. The Morgan fingerprint density at radius 1 is 1.00 bits per heavy atom. The molecule has 132 valence electrons. The van der Waals surface area contributed by atoms with Gasteiger partial charge in [0.05, 0.1) is 12.5 Å². The molecule has 0 saturated carbocycles. The molecule has 1 aromatic heterocycles. The van der Waals surface area contributed by atoms with Gasteiger partial charge in [-0.3, -0.25) is 9.78 Å². The zero-order valence-corrected chi connectivity index (χ0v) is 14.8. The molecule has 0 fully saturated rings. The summed E-state index contributed by atoms with van der Waals surface area (Å²) in [5.74, 6) is 0.433. The van der Waals surface area contributed by atoms with Crippen LogP contribution in [0.2, 0.25) is 0 Å². The summed E-state index contributed by atoms with van der Waals surface area (Å²) in [7, 11) is 0. The van der Waals surface area contributed by atoms with Crippen molar-refractivity contribution in [3.63, 3.8) is 0 Å². The Kier molecular flexibility index (Phi) is 5.99. The molecule has 2 aromatic carbocycles. The third kappa shape index (κ3) is 4.70. The number of nitrogens with zero attached hydrogens (tertiary/aromatic N) is 1. The van der Waals surface area contributed by atoms with Gasteiger partial charge in [0, 0.05) is 24.0 Å². The number of benzene rings is 2. The van der Waals surface area contributed by atoms with E-state index in [1.54, 1.807) is 6.20 Å². The second-order valence-corrected chi connectivity index (χ2v) is 5.94. The first-order valence-electron chi connectivity index (χ1n) is 8.75. The van der Waals surface area contributed by atoms with E-state index in [9.17, 15) is 4.79 Å². The van der Waals surface area contributed by atoms with Crippen LogP contribution < -0.4 is 10.1 Å². The van der Waals surface area contributed by atoms with Crippen LogP contribution in [-0.2, 0) is 11.2 Å². The van der Waals surface area contributed by atoms with Gasteiger partial charge in [-0.2, -0.15) is 0 Å². The Balaban J connectivity index is 1.78. The summed E-state index contributed by atoms with van der Waals surface area (Å²) in [4.78, 5) is 17.3. The smallest absolute Gasteiger partial charge is 0.232 e. The van der Waals surface area contributed by atoms with Gasteiger partial charge in [-0.05, 0) is 48.9 Å². The molecule has 0 aliphatic carbocycles. The zero-order chi connectivity index (χ0) is 18.2. The van der Waals surface area contributed by atoms with Gasteiger partial charge in [-0.25, -0.2) is 0 Å². The van der Waals surface area contributed by atoms with Crippen molar-refractivity contribution >= 4 is 11.6 Å². The number of hydrogen-bond donors (Lipinski definition) is 1. The van der Waals surface area contributed by atoms with E-state index in [-0.39, 0.29) is 11.8 Å². The summed E-state index contributed by atoms with van der Waals surface area (Å²) in [6.07, 6.45) is 2.30. The minimum Gasteiger partial charge on any atom is -0.494 e. The minimum atomic E-state index is -0.308. The van der Waals surface area contributed by atoms with Crippen molar-refractivity contribution in [2.75, 3.05) is 11.9 Å². The number of pyridine rings is 1. The van der Waals surface area contributed by atoms with E-state index in [1.807, 2.05) is 79.7 Å². The van der Waals surface area contributed by atoms with Crippen LogP contribution in [0.25, 0.3) is 0 Å². The Hall–Kier alpha value is -3.14. The number of carbonyl (C=O) groups is 1. The summed E-state index contributed by atoms with van der Waals surface area (Å²) >= 11 is 0. The molecule has 0 aliphatic rings. The van der Waals surface area contributed by atoms with Gasteiger partial charge in [0.25, 0.3) is 0 Å². The number of anilines is 1. The van der Waals surface area contributed by atoms with Crippen LogP contribution in [0.1, 0.15) is 24.1 Å². The average molecular weight is 346 g/mol. The SMILES string of the molecule is CCOc1ccc(NC(=O)C(Cc2ccccn2)c2ccccc2)cc1. The van der Waals surface area contributed by atoms with Crippen molar-refractivity contribution in [1.82, 2.24) is 4.98 Å². The predicted molar refractivity (Wildman–Crippen MR) is 103 cm³/mol. The lowest BCUT2D eigenvalue weighted by Crippen LogP contribution is -2.23. The maximum atomic E-state index is 13.0. The second-order valence-electron chi connectivity index (χ2n) is 5.94. The van der Waals surface area contributed by atoms with Gasteiger partial charge in [-0.15, -0.1) is 0 Å². The number of rotatable bonds is 7. The van der Waals surface area contributed by atoms with E-state index in [4.69, 9.17) is 4.74 Å². The molecule has 4 nitrogen and oxygen atoms in total. The average Bonchev–Trinajstić information content (AvgIpc) is 2.69. The molecule has 4 heteroatoms. The van der Waals surface area contributed by atoms with Crippen LogP contribution in [0.4, 0.5) is 5.69 Å². The number of nitrogens with one attached hydrogen (secondary N) is 1. The van der Waals surface area contributed by atoms with Crippen molar-refractivity contribution in [2.24, 2.45) is 0 Å². The van der Waals surface area contributed by atoms with E-state index < -0.39 is 0 Å². The lowest BCUT2D eigenvalue weighted by Gasteiger charge is -2.17. The zero-order valence-electron chi connectivity index (χ0n) is 14.8. The first kappa shape index (κ1) is 17.7. The molecule has 0 aliphatic heterocycles. The van der Waals surface area contributed by atoms with Crippen molar-refractivity contribution < 1.29 is 9.53 Å². The van der Waals surface area contributed by atoms with Gasteiger partial charge < -0.3 is 10.1 Å². The fourth-order valence-corrected chi connectivity index (χ4v) is 2.81. The molecule has 1 atom stereocenters. The topological polar surface area (TPSA) is 51.2 Å². The van der Waals surface area contributed by atoms with Crippen molar-refractivity contribution in [3.05, 3.63) is 90.3 Å². The molecule has 0 saturated heterocycles.